The Hall–Kier alpha value is -2.62. The molecule has 4 heteroatoms. The molecule has 2 aromatic carbocycles. The zero-order valence-electron chi connectivity index (χ0n) is 14.1. The van der Waals surface area contributed by atoms with Gasteiger partial charge in [0.25, 0.3) is 5.91 Å². The molecular formula is C20H23NO3. The van der Waals surface area contributed by atoms with E-state index >= 15 is 0 Å². The Labute approximate surface area is 142 Å². The molecule has 0 saturated carbocycles. The number of ether oxygens (including phenoxy) is 1. The number of esters is 1. The van der Waals surface area contributed by atoms with Gasteiger partial charge in [-0.1, -0.05) is 48.0 Å². The Kier molecular flexibility index (Phi) is 6.55. The van der Waals surface area contributed by atoms with Crippen LogP contribution in [0.1, 0.15) is 34.8 Å². The maximum Gasteiger partial charge on any atom is 0.338 e. The van der Waals surface area contributed by atoms with E-state index in [9.17, 15) is 9.59 Å². The van der Waals surface area contributed by atoms with Gasteiger partial charge >= 0.3 is 5.97 Å². The third-order valence-corrected chi connectivity index (χ3v) is 3.74. The second-order valence-electron chi connectivity index (χ2n) is 5.93. The molecule has 1 atom stereocenters. The van der Waals surface area contributed by atoms with Gasteiger partial charge in [-0.05, 0) is 44.4 Å². The summed E-state index contributed by atoms with van der Waals surface area (Å²) in [6, 6.07) is 17.2. The standard InChI is InChI=1S/C20H23NO3/c1-15-8-12-18(13-9-15)20(23)24-14-19(22)21-16(2)10-11-17-6-4-3-5-7-17/h3-9,12-13,16H,10-11,14H2,1-2H3,(H,21,22)/t16-/m0/s1. The molecule has 0 aliphatic rings. The van der Waals surface area contributed by atoms with E-state index in [4.69, 9.17) is 4.74 Å². The van der Waals surface area contributed by atoms with E-state index in [0.29, 0.717) is 5.56 Å². The molecule has 1 amide bonds. The molecule has 24 heavy (non-hydrogen) atoms. The van der Waals surface area contributed by atoms with E-state index in [0.717, 1.165) is 18.4 Å². The van der Waals surface area contributed by atoms with Crippen molar-refractivity contribution < 1.29 is 14.3 Å². The van der Waals surface area contributed by atoms with E-state index in [-0.39, 0.29) is 18.6 Å². The molecule has 0 aliphatic heterocycles. The van der Waals surface area contributed by atoms with Crippen LogP contribution in [0.4, 0.5) is 0 Å². The van der Waals surface area contributed by atoms with Crippen LogP contribution in [-0.4, -0.2) is 24.5 Å². The molecule has 0 unspecified atom stereocenters. The normalized spacial score (nSPS) is 11.6. The summed E-state index contributed by atoms with van der Waals surface area (Å²) in [5, 5.41) is 2.85. The predicted octanol–water partition coefficient (Wildman–Crippen LogP) is 3.29. The largest absolute Gasteiger partial charge is 0.452 e. The fourth-order valence-electron chi connectivity index (χ4n) is 2.32. The average Bonchev–Trinajstić information content (AvgIpc) is 2.59. The van der Waals surface area contributed by atoms with Gasteiger partial charge in [0.2, 0.25) is 0 Å². The number of carbonyl (C=O) groups excluding carboxylic acids is 2. The quantitative estimate of drug-likeness (QED) is 0.795. The highest BCUT2D eigenvalue weighted by Crippen LogP contribution is 2.06. The van der Waals surface area contributed by atoms with E-state index in [1.807, 2.05) is 44.2 Å². The monoisotopic (exact) mass is 325 g/mol. The second-order valence-corrected chi connectivity index (χ2v) is 5.93. The summed E-state index contributed by atoms with van der Waals surface area (Å²) in [5.74, 6) is -0.766. The molecule has 0 aromatic heterocycles. The maximum atomic E-state index is 11.9. The molecule has 2 rings (SSSR count). The molecule has 0 saturated heterocycles. The zero-order chi connectivity index (χ0) is 17.4. The van der Waals surface area contributed by atoms with Crippen molar-refractivity contribution in [2.45, 2.75) is 32.7 Å². The lowest BCUT2D eigenvalue weighted by Crippen LogP contribution is -2.36. The predicted molar refractivity (Wildman–Crippen MR) is 93.8 cm³/mol. The van der Waals surface area contributed by atoms with Gasteiger partial charge in [0, 0.05) is 6.04 Å². The van der Waals surface area contributed by atoms with Crippen molar-refractivity contribution in [1.29, 1.82) is 0 Å². The molecule has 0 radical (unpaired) electrons. The van der Waals surface area contributed by atoms with Gasteiger partial charge in [0.15, 0.2) is 6.61 Å². The number of hydrogen-bond acceptors (Lipinski definition) is 3. The Balaban J connectivity index is 1.70. The number of hydrogen-bond donors (Lipinski definition) is 1. The van der Waals surface area contributed by atoms with Crippen LogP contribution < -0.4 is 5.32 Å². The third-order valence-electron chi connectivity index (χ3n) is 3.74. The van der Waals surface area contributed by atoms with Crippen LogP contribution in [-0.2, 0) is 16.0 Å². The van der Waals surface area contributed by atoms with Gasteiger partial charge < -0.3 is 10.1 Å². The van der Waals surface area contributed by atoms with Crippen molar-refractivity contribution in [2.24, 2.45) is 0 Å². The second kappa shape index (κ2) is 8.87. The van der Waals surface area contributed by atoms with E-state index in [1.54, 1.807) is 12.1 Å². The molecule has 126 valence electrons. The number of aryl methyl sites for hydroxylation is 2. The summed E-state index contributed by atoms with van der Waals surface area (Å²) in [6.07, 6.45) is 1.73. The molecular weight excluding hydrogens is 302 g/mol. The maximum absolute atomic E-state index is 11.9. The summed E-state index contributed by atoms with van der Waals surface area (Å²) in [6.45, 7) is 3.63. The van der Waals surface area contributed by atoms with Crippen LogP contribution in [0.2, 0.25) is 0 Å². The number of benzene rings is 2. The fraction of sp³-hybridized carbons (Fsp3) is 0.300. The van der Waals surface area contributed by atoms with Crippen molar-refractivity contribution in [2.75, 3.05) is 6.61 Å². The number of carbonyl (C=O) groups is 2. The highest BCUT2D eigenvalue weighted by molar-refractivity contribution is 5.91. The smallest absolute Gasteiger partial charge is 0.338 e. The van der Waals surface area contributed by atoms with Crippen molar-refractivity contribution >= 4 is 11.9 Å². The molecule has 4 nitrogen and oxygen atoms in total. The summed E-state index contributed by atoms with van der Waals surface area (Å²) >= 11 is 0. The van der Waals surface area contributed by atoms with Gasteiger partial charge in [0.05, 0.1) is 5.56 Å². The van der Waals surface area contributed by atoms with Gasteiger partial charge in [-0.15, -0.1) is 0 Å². The first-order valence-corrected chi connectivity index (χ1v) is 8.11. The van der Waals surface area contributed by atoms with Gasteiger partial charge in [-0.2, -0.15) is 0 Å². The summed E-state index contributed by atoms with van der Waals surface area (Å²) in [4.78, 5) is 23.7. The zero-order valence-corrected chi connectivity index (χ0v) is 14.1. The Morgan fingerprint density at radius 3 is 2.38 bits per heavy atom. The lowest BCUT2D eigenvalue weighted by molar-refractivity contribution is -0.124. The van der Waals surface area contributed by atoms with Crippen LogP contribution in [0.25, 0.3) is 0 Å². The first-order chi connectivity index (χ1) is 11.5. The van der Waals surface area contributed by atoms with E-state index < -0.39 is 5.97 Å². The van der Waals surface area contributed by atoms with E-state index in [1.165, 1.54) is 5.56 Å². The van der Waals surface area contributed by atoms with Crippen molar-refractivity contribution in [3.63, 3.8) is 0 Å². The van der Waals surface area contributed by atoms with Crippen molar-refractivity contribution in [3.05, 3.63) is 71.3 Å². The lowest BCUT2D eigenvalue weighted by Gasteiger charge is -2.14. The van der Waals surface area contributed by atoms with Crippen LogP contribution in [0.3, 0.4) is 0 Å². The Bertz CT molecular complexity index is 665. The molecule has 0 aliphatic carbocycles. The Morgan fingerprint density at radius 2 is 1.71 bits per heavy atom. The SMILES string of the molecule is Cc1ccc(C(=O)OCC(=O)N[C@@H](C)CCc2ccccc2)cc1. The van der Waals surface area contributed by atoms with Crippen molar-refractivity contribution in [3.8, 4) is 0 Å². The molecule has 0 fully saturated rings. The van der Waals surface area contributed by atoms with Gasteiger partial charge in [-0.25, -0.2) is 4.79 Å². The van der Waals surface area contributed by atoms with Crippen LogP contribution in [0, 0.1) is 6.92 Å². The molecule has 1 N–H and O–H groups in total. The van der Waals surface area contributed by atoms with Crippen LogP contribution >= 0.6 is 0 Å². The van der Waals surface area contributed by atoms with Crippen LogP contribution in [0.15, 0.2) is 54.6 Å². The summed E-state index contributed by atoms with van der Waals surface area (Å²) in [7, 11) is 0. The summed E-state index contributed by atoms with van der Waals surface area (Å²) < 4.78 is 5.04. The van der Waals surface area contributed by atoms with Crippen molar-refractivity contribution in [1.82, 2.24) is 5.32 Å². The minimum atomic E-state index is -0.484. The van der Waals surface area contributed by atoms with E-state index in [2.05, 4.69) is 17.4 Å². The van der Waals surface area contributed by atoms with Crippen LogP contribution in [0.5, 0.6) is 0 Å². The van der Waals surface area contributed by atoms with Gasteiger partial charge in [0.1, 0.15) is 0 Å². The molecule has 0 heterocycles. The number of nitrogens with one attached hydrogen (secondary N) is 1. The lowest BCUT2D eigenvalue weighted by atomic mass is 10.1. The summed E-state index contributed by atoms with van der Waals surface area (Å²) in [5.41, 5.74) is 2.76. The highest BCUT2D eigenvalue weighted by Gasteiger charge is 2.12. The third kappa shape index (κ3) is 5.88. The molecule has 2 aromatic rings. The highest BCUT2D eigenvalue weighted by atomic mass is 16.5. The molecule has 0 bridgehead atoms. The minimum absolute atomic E-state index is 0.0239. The first kappa shape index (κ1) is 17.7. The number of rotatable bonds is 7. The number of amides is 1. The van der Waals surface area contributed by atoms with Gasteiger partial charge in [-0.3, -0.25) is 4.79 Å². The first-order valence-electron chi connectivity index (χ1n) is 8.11. The fourth-order valence-corrected chi connectivity index (χ4v) is 2.32. The average molecular weight is 325 g/mol. The molecule has 0 spiro atoms. The topological polar surface area (TPSA) is 55.4 Å². The minimum Gasteiger partial charge on any atom is -0.452 e. The Morgan fingerprint density at radius 1 is 1.04 bits per heavy atom.